The molecule has 0 aromatic carbocycles. The molecule has 0 fully saturated rings. The van der Waals surface area contributed by atoms with E-state index in [-0.39, 0.29) is 23.3 Å². The first kappa shape index (κ1) is 12.3. The van der Waals surface area contributed by atoms with Crippen LogP contribution in [0.15, 0.2) is 0 Å². The lowest BCUT2D eigenvalue weighted by Crippen LogP contribution is -2.13. The van der Waals surface area contributed by atoms with Crippen molar-refractivity contribution in [3.05, 3.63) is 16.7 Å². The molecule has 4 nitrogen and oxygen atoms in total. The van der Waals surface area contributed by atoms with Gasteiger partial charge in [-0.1, -0.05) is 18.5 Å². The van der Waals surface area contributed by atoms with Gasteiger partial charge in [-0.3, -0.25) is 0 Å². The minimum atomic E-state index is -1.05. The SMILES string of the molecule is CC1CCCn2c1nc(C(=O)O)c2Cl.Cl. The Bertz CT molecular complexity index is 390. The first-order valence-corrected chi connectivity index (χ1v) is 4.98. The molecule has 1 N–H and O–H groups in total. The van der Waals surface area contributed by atoms with Gasteiger partial charge in [0.05, 0.1) is 0 Å². The molecule has 0 aliphatic carbocycles. The number of imidazole rings is 1. The van der Waals surface area contributed by atoms with Crippen LogP contribution in [0.3, 0.4) is 0 Å². The third-order valence-electron chi connectivity index (χ3n) is 2.60. The third-order valence-corrected chi connectivity index (χ3v) is 2.98. The molecule has 84 valence electrons. The number of hydrogen-bond acceptors (Lipinski definition) is 2. The highest BCUT2D eigenvalue weighted by atomic mass is 35.5. The van der Waals surface area contributed by atoms with Crippen molar-refractivity contribution < 1.29 is 9.90 Å². The Morgan fingerprint density at radius 2 is 2.33 bits per heavy atom. The van der Waals surface area contributed by atoms with Gasteiger partial charge in [-0.25, -0.2) is 9.78 Å². The van der Waals surface area contributed by atoms with E-state index in [9.17, 15) is 4.79 Å². The molecule has 0 saturated carbocycles. The molecule has 1 atom stereocenters. The monoisotopic (exact) mass is 250 g/mol. The number of carbonyl (C=O) groups is 1. The molecule has 0 radical (unpaired) electrons. The lowest BCUT2D eigenvalue weighted by molar-refractivity contribution is 0.0691. The standard InChI is InChI=1S/C9H11ClN2O2.ClH/c1-5-3-2-4-12-7(10)6(9(13)14)11-8(5)12;/h5H,2-4H2,1H3,(H,13,14);1H. The fourth-order valence-electron chi connectivity index (χ4n) is 1.86. The van der Waals surface area contributed by atoms with E-state index < -0.39 is 5.97 Å². The van der Waals surface area contributed by atoms with Crippen molar-refractivity contribution in [2.75, 3.05) is 0 Å². The van der Waals surface area contributed by atoms with Crippen molar-refractivity contribution in [2.24, 2.45) is 0 Å². The lowest BCUT2D eigenvalue weighted by Gasteiger charge is -2.19. The first-order valence-electron chi connectivity index (χ1n) is 4.60. The van der Waals surface area contributed by atoms with Crippen LogP contribution in [0.5, 0.6) is 0 Å². The number of hydrogen-bond donors (Lipinski definition) is 1. The van der Waals surface area contributed by atoms with E-state index in [1.165, 1.54) is 0 Å². The largest absolute Gasteiger partial charge is 0.476 e. The van der Waals surface area contributed by atoms with Crippen molar-refractivity contribution in [1.82, 2.24) is 9.55 Å². The van der Waals surface area contributed by atoms with Crippen molar-refractivity contribution in [1.29, 1.82) is 0 Å². The number of carboxylic acid groups (broad SMARTS) is 1. The quantitative estimate of drug-likeness (QED) is 0.834. The summed E-state index contributed by atoms with van der Waals surface area (Å²) in [5, 5.41) is 9.10. The molecule has 0 bridgehead atoms. The van der Waals surface area contributed by atoms with Gasteiger partial charge in [-0.05, 0) is 12.8 Å². The number of aromatic nitrogens is 2. The second-order valence-electron chi connectivity index (χ2n) is 3.61. The lowest BCUT2D eigenvalue weighted by atomic mass is 10.0. The average Bonchev–Trinajstić information content (AvgIpc) is 2.46. The number of carboxylic acids is 1. The maximum atomic E-state index is 10.8. The van der Waals surface area contributed by atoms with Gasteiger partial charge in [0.25, 0.3) is 0 Å². The maximum absolute atomic E-state index is 10.8. The molecule has 2 heterocycles. The van der Waals surface area contributed by atoms with E-state index in [4.69, 9.17) is 16.7 Å². The van der Waals surface area contributed by atoms with Crippen molar-refractivity contribution in [3.63, 3.8) is 0 Å². The topological polar surface area (TPSA) is 55.1 Å². The number of fused-ring (bicyclic) bond motifs is 1. The summed E-state index contributed by atoms with van der Waals surface area (Å²) in [6, 6.07) is 0. The minimum absolute atomic E-state index is 0. The van der Waals surface area contributed by atoms with Gasteiger partial charge in [0, 0.05) is 12.5 Å². The van der Waals surface area contributed by atoms with Crippen LogP contribution in [-0.4, -0.2) is 20.6 Å². The van der Waals surface area contributed by atoms with Gasteiger partial charge in [-0.15, -0.1) is 12.4 Å². The van der Waals surface area contributed by atoms with Gasteiger partial charge in [-0.2, -0.15) is 0 Å². The van der Waals surface area contributed by atoms with E-state index in [1.54, 1.807) is 4.57 Å². The zero-order valence-corrected chi connectivity index (χ0v) is 9.81. The van der Waals surface area contributed by atoms with Gasteiger partial charge in [0.1, 0.15) is 11.0 Å². The summed E-state index contributed by atoms with van der Waals surface area (Å²) in [5.74, 6) is 0.0529. The Morgan fingerprint density at radius 1 is 1.67 bits per heavy atom. The molecular formula is C9H12Cl2N2O2. The van der Waals surface area contributed by atoms with Crippen LogP contribution in [0.25, 0.3) is 0 Å². The Labute approximate surface area is 98.7 Å². The van der Waals surface area contributed by atoms with Crippen LogP contribution in [0.1, 0.15) is 42.0 Å². The third kappa shape index (κ3) is 1.96. The van der Waals surface area contributed by atoms with E-state index in [0.29, 0.717) is 5.92 Å². The fourth-order valence-corrected chi connectivity index (χ4v) is 2.15. The molecule has 15 heavy (non-hydrogen) atoms. The second kappa shape index (κ2) is 4.41. The molecule has 0 amide bonds. The second-order valence-corrected chi connectivity index (χ2v) is 3.97. The van der Waals surface area contributed by atoms with Gasteiger partial charge < -0.3 is 9.67 Å². The van der Waals surface area contributed by atoms with Crippen LogP contribution in [-0.2, 0) is 6.54 Å². The normalized spacial score (nSPS) is 19.2. The summed E-state index contributed by atoms with van der Waals surface area (Å²) < 4.78 is 1.80. The first-order chi connectivity index (χ1) is 6.61. The van der Waals surface area contributed by atoms with Crippen LogP contribution in [0.4, 0.5) is 0 Å². The Kier molecular flexibility index (Phi) is 3.62. The predicted octanol–water partition coefficient (Wildman–Crippen LogP) is 2.55. The smallest absolute Gasteiger partial charge is 0.357 e. The maximum Gasteiger partial charge on any atom is 0.357 e. The minimum Gasteiger partial charge on any atom is -0.476 e. The summed E-state index contributed by atoms with van der Waals surface area (Å²) in [7, 11) is 0. The van der Waals surface area contributed by atoms with E-state index in [1.807, 2.05) is 6.92 Å². The number of aromatic carboxylic acids is 1. The summed E-state index contributed by atoms with van der Waals surface area (Å²) in [6.45, 7) is 2.82. The Morgan fingerprint density at radius 3 is 2.87 bits per heavy atom. The van der Waals surface area contributed by atoms with E-state index in [2.05, 4.69) is 4.98 Å². The summed E-state index contributed by atoms with van der Waals surface area (Å²) in [5.41, 5.74) is -0.0181. The zero-order valence-electron chi connectivity index (χ0n) is 8.23. The number of rotatable bonds is 1. The van der Waals surface area contributed by atoms with Crippen LogP contribution < -0.4 is 0 Å². The summed E-state index contributed by atoms with van der Waals surface area (Å²) in [6.07, 6.45) is 2.08. The highest BCUT2D eigenvalue weighted by Gasteiger charge is 2.26. The molecule has 1 aromatic rings. The Hall–Kier alpha value is -0.740. The molecule has 1 aromatic heterocycles. The molecule has 1 aliphatic heterocycles. The van der Waals surface area contributed by atoms with Crippen molar-refractivity contribution in [2.45, 2.75) is 32.2 Å². The van der Waals surface area contributed by atoms with Crippen LogP contribution in [0.2, 0.25) is 5.15 Å². The molecule has 0 saturated heterocycles. The van der Waals surface area contributed by atoms with Crippen LogP contribution in [0, 0.1) is 0 Å². The fraction of sp³-hybridized carbons (Fsp3) is 0.556. The molecular weight excluding hydrogens is 239 g/mol. The molecule has 0 spiro atoms. The van der Waals surface area contributed by atoms with Crippen LogP contribution >= 0.6 is 24.0 Å². The molecule has 6 heteroatoms. The number of nitrogens with zero attached hydrogens (tertiary/aromatic N) is 2. The zero-order chi connectivity index (χ0) is 10.3. The Balaban J connectivity index is 0.00000112. The average molecular weight is 251 g/mol. The van der Waals surface area contributed by atoms with Crippen molar-refractivity contribution >= 4 is 30.0 Å². The van der Waals surface area contributed by atoms with Gasteiger partial charge in [0.2, 0.25) is 0 Å². The van der Waals surface area contributed by atoms with Crippen molar-refractivity contribution in [3.8, 4) is 0 Å². The molecule has 1 unspecified atom stereocenters. The summed E-state index contributed by atoms with van der Waals surface area (Å²) in [4.78, 5) is 14.8. The predicted molar refractivity (Wildman–Crippen MR) is 59.1 cm³/mol. The van der Waals surface area contributed by atoms with Gasteiger partial charge >= 0.3 is 5.97 Å². The number of halogens is 2. The highest BCUT2D eigenvalue weighted by Crippen LogP contribution is 2.30. The van der Waals surface area contributed by atoms with E-state index >= 15 is 0 Å². The molecule has 1 aliphatic rings. The van der Waals surface area contributed by atoms with Gasteiger partial charge in [0.15, 0.2) is 5.69 Å². The highest BCUT2D eigenvalue weighted by molar-refractivity contribution is 6.32. The van der Waals surface area contributed by atoms with E-state index in [0.717, 1.165) is 25.2 Å². The summed E-state index contributed by atoms with van der Waals surface area (Å²) >= 11 is 5.92. The molecule has 2 rings (SSSR count).